The maximum atomic E-state index is 13.3. The Kier molecular flexibility index (Phi) is 46.5. The second-order valence-corrected chi connectivity index (χ2v) is 12.2. The summed E-state index contributed by atoms with van der Waals surface area (Å²) in [6.45, 7) is 33.7. The van der Waals surface area contributed by atoms with Crippen LogP contribution in [0, 0.1) is 0 Å². The van der Waals surface area contributed by atoms with Crippen molar-refractivity contribution in [3.05, 3.63) is 109 Å². The molecule has 56 heavy (non-hydrogen) atoms. The smallest absolute Gasteiger partial charge is 0.400 e. The number of allylic oxidation sites excluding steroid dienone is 4. The van der Waals surface area contributed by atoms with Gasteiger partial charge in [-0.05, 0) is 108 Å². The van der Waals surface area contributed by atoms with E-state index in [9.17, 15) is 18.0 Å². The van der Waals surface area contributed by atoms with E-state index in [1.165, 1.54) is 18.4 Å². The molecule has 0 saturated carbocycles. The molecule has 3 rings (SSSR count). The van der Waals surface area contributed by atoms with Gasteiger partial charge in [-0.1, -0.05) is 139 Å². The van der Waals surface area contributed by atoms with E-state index in [0.29, 0.717) is 6.42 Å². The normalized spacial score (nSPS) is 10.9. The molecule has 0 heterocycles. The molecule has 1 aliphatic carbocycles. The van der Waals surface area contributed by atoms with E-state index in [0.717, 1.165) is 81.2 Å². The Morgan fingerprint density at radius 2 is 1.30 bits per heavy atom. The van der Waals surface area contributed by atoms with Crippen molar-refractivity contribution in [1.82, 2.24) is 15.5 Å². The van der Waals surface area contributed by atoms with Crippen molar-refractivity contribution >= 4 is 12.7 Å². The molecule has 0 spiro atoms. The lowest BCUT2D eigenvalue weighted by molar-refractivity contribution is -0.141. The first-order valence-corrected chi connectivity index (χ1v) is 19.9. The summed E-state index contributed by atoms with van der Waals surface area (Å²) in [6.07, 6.45) is 9.97. The van der Waals surface area contributed by atoms with Gasteiger partial charge in [-0.25, -0.2) is 0 Å². The zero-order chi connectivity index (χ0) is 44.4. The predicted octanol–water partition coefficient (Wildman–Crippen LogP) is 11.9. The highest BCUT2D eigenvalue weighted by molar-refractivity contribution is 6.00. The number of hydrogen-bond acceptors (Lipinski definition) is 5. The number of nitrogens with zero attached hydrogens (tertiary/aromatic N) is 1. The topological polar surface area (TPSA) is 81.7 Å². The number of hydrogen-bond donors (Lipinski definition) is 3. The minimum Gasteiger partial charge on any atom is -0.400 e. The highest BCUT2D eigenvalue weighted by atomic mass is 19.4. The molecule has 1 aliphatic rings. The van der Waals surface area contributed by atoms with Crippen LogP contribution in [0.5, 0.6) is 0 Å². The molecule has 0 saturated heterocycles. The van der Waals surface area contributed by atoms with Gasteiger partial charge in [0.05, 0.1) is 0 Å². The summed E-state index contributed by atoms with van der Waals surface area (Å²) in [5.41, 5.74) is 3.67. The summed E-state index contributed by atoms with van der Waals surface area (Å²) < 4.78 is 38.5. The van der Waals surface area contributed by atoms with Crippen LogP contribution in [0.3, 0.4) is 0 Å². The number of unbranched alkanes of at least 4 members (excludes halogenated alkanes) is 1. The SMILES string of the molecule is C=C(C/C=C/C)CCNCCC.C=CC.C=CC.C=O.CC.CCC.CCN(C)CCCCC1(C(=O)NCC(F)(F)F)c2ccccc2-c2ccccc21.CO. The van der Waals surface area contributed by atoms with Crippen molar-refractivity contribution in [2.45, 2.75) is 119 Å². The quantitative estimate of drug-likeness (QED) is 0.124. The number of amides is 1. The third-order valence-corrected chi connectivity index (χ3v) is 7.51. The number of rotatable bonds is 15. The average molecular weight is 792 g/mol. The Morgan fingerprint density at radius 3 is 1.70 bits per heavy atom. The van der Waals surface area contributed by atoms with Crippen LogP contribution >= 0.6 is 0 Å². The molecule has 0 fully saturated rings. The molecule has 1 amide bonds. The number of aliphatic hydroxyl groups excluding tert-OH is 1. The molecule has 0 aliphatic heterocycles. The number of fused-ring (bicyclic) bond motifs is 3. The maximum Gasteiger partial charge on any atom is 0.405 e. The number of alkyl halides is 3. The monoisotopic (exact) mass is 792 g/mol. The largest absolute Gasteiger partial charge is 0.405 e. The van der Waals surface area contributed by atoms with Gasteiger partial charge in [-0.3, -0.25) is 4.79 Å². The third-order valence-electron chi connectivity index (χ3n) is 7.51. The van der Waals surface area contributed by atoms with Gasteiger partial charge in [0, 0.05) is 7.11 Å². The van der Waals surface area contributed by atoms with Gasteiger partial charge in [0.1, 0.15) is 18.7 Å². The molecule has 2 aromatic carbocycles. The van der Waals surface area contributed by atoms with Gasteiger partial charge in [0.25, 0.3) is 0 Å². The fourth-order valence-electron chi connectivity index (χ4n) is 5.17. The third kappa shape index (κ3) is 27.7. The fraction of sp³-hybridized carbons (Fsp3) is 0.532. The summed E-state index contributed by atoms with van der Waals surface area (Å²) in [4.78, 5) is 23.5. The zero-order valence-corrected chi connectivity index (χ0v) is 37.1. The average Bonchev–Trinajstić information content (AvgIpc) is 3.50. The van der Waals surface area contributed by atoms with E-state index < -0.39 is 24.0 Å². The lowest BCUT2D eigenvalue weighted by Crippen LogP contribution is -2.47. The van der Waals surface area contributed by atoms with Gasteiger partial charge >= 0.3 is 6.18 Å². The number of benzene rings is 2. The minimum atomic E-state index is -4.45. The van der Waals surface area contributed by atoms with Crippen LogP contribution in [0.25, 0.3) is 11.1 Å². The highest BCUT2D eigenvalue weighted by Crippen LogP contribution is 2.51. The van der Waals surface area contributed by atoms with Crippen molar-refractivity contribution < 1.29 is 27.9 Å². The molecule has 0 aromatic heterocycles. The lowest BCUT2D eigenvalue weighted by atomic mass is 9.73. The summed E-state index contributed by atoms with van der Waals surface area (Å²) in [6, 6.07) is 15.1. The first-order valence-electron chi connectivity index (χ1n) is 19.9. The van der Waals surface area contributed by atoms with Crippen molar-refractivity contribution in [3.63, 3.8) is 0 Å². The summed E-state index contributed by atoms with van der Waals surface area (Å²) in [7, 11) is 3.03. The maximum absolute atomic E-state index is 13.3. The number of aliphatic hydroxyl groups is 1. The predicted molar refractivity (Wildman–Crippen MR) is 239 cm³/mol. The van der Waals surface area contributed by atoms with Crippen LogP contribution in [0.15, 0.2) is 98.1 Å². The molecule has 0 bridgehead atoms. The van der Waals surface area contributed by atoms with Gasteiger partial charge < -0.3 is 25.4 Å². The number of nitrogens with one attached hydrogen (secondary N) is 2. The van der Waals surface area contributed by atoms with Crippen molar-refractivity contribution in [2.75, 3.05) is 46.9 Å². The summed E-state index contributed by atoms with van der Waals surface area (Å²) >= 11 is 0. The first kappa shape index (κ1) is 61.4. The van der Waals surface area contributed by atoms with E-state index in [2.05, 4.69) is 75.1 Å². The van der Waals surface area contributed by atoms with E-state index in [1.54, 1.807) is 12.2 Å². The van der Waals surface area contributed by atoms with Gasteiger partial charge in [-0.2, -0.15) is 13.2 Å². The molecule has 6 nitrogen and oxygen atoms in total. The van der Waals surface area contributed by atoms with E-state index in [1.807, 2.05) is 97.0 Å². The Labute approximate surface area is 341 Å². The zero-order valence-electron chi connectivity index (χ0n) is 37.1. The minimum absolute atomic E-state index is 0.474. The number of halogens is 3. The van der Waals surface area contributed by atoms with Crippen molar-refractivity contribution in [3.8, 4) is 11.1 Å². The first-order chi connectivity index (χ1) is 26.8. The van der Waals surface area contributed by atoms with Crippen LogP contribution in [-0.4, -0.2) is 75.8 Å². The molecule has 322 valence electrons. The standard InChI is InChI=1S/C23H27F3N2O.C11H21N.C3H8.2C3H6.C2H6.CH4O.CH2O/c1-3-28(2)15-9-8-14-22(21(29)27-16-23(24,25)26)19-12-6-4-10-17(19)18-11-5-7-13-20(18)22;1-4-6-7-11(3)8-10-12-9-5-2;3*1-3-2;3*1-2/h4-7,10-13H,3,8-9,14-16H2,1-2H3,(H,27,29);4,6,12H,3,5,7-10H2,1-2H3;3H2,1-2H3;2*3H,1H2,2H3;1-2H3;2H,1H3;1H2/b;6-4+;;;;;;. The van der Waals surface area contributed by atoms with Crippen LogP contribution in [0.1, 0.15) is 118 Å². The molecular formula is C47H80F3N3O3. The van der Waals surface area contributed by atoms with E-state index >= 15 is 0 Å². The van der Waals surface area contributed by atoms with E-state index in [4.69, 9.17) is 9.90 Å². The van der Waals surface area contributed by atoms with Crippen LogP contribution in [0.4, 0.5) is 13.2 Å². The fourth-order valence-corrected chi connectivity index (χ4v) is 5.17. The molecule has 0 atom stereocenters. The van der Waals surface area contributed by atoms with E-state index in [-0.39, 0.29) is 0 Å². The molecule has 0 unspecified atom stereocenters. The molecule has 2 aromatic rings. The Hall–Kier alpha value is -3.79. The molecule has 0 radical (unpaired) electrons. The Balaban J connectivity index is -0.000000266. The van der Waals surface area contributed by atoms with Crippen LogP contribution < -0.4 is 10.6 Å². The lowest BCUT2D eigenvalue weighted by Gasteiger charge is -2.31. The number of carbonyl (C=O) groups excluding carboxylic acids is 2. The Morgan fingerprint density at radius 1 is 0.857 bits per heavy atom. The van der Waals surface area contributed by atoms with Crippen LogP contribution in [-0.2, 0) is 15.0 Å². The van der Waals surface area contributed by atoms with Gasteiger partial charge in [-0.15, -0.1) is 13.2 Å². The number of carbonyl (C=O) groups is 2. The second kappa shape index (κ2) is 42.4. The second-order valence-electron chi connectivity index (χ2n) is 12.2. The Bertz CT molecular complexity index is 1210. The molecule has 9 heteroatoms. The summed E-state index contributed by atoms with van der Waals surface area (Å²) in [5, 5.41) is 12.5. The van der Waals surface area contributed by atoms with Gasteiger partial charge in [0.2, 0.25) is 5.91 Å². The molecular weight excluding hydrogens is 712 g/mol. The van der Waals surface area contributed by atoms with Crippen LogP contribution in [0.2, 0.25) is 0 Å². The van der Waals surface area contributed by atoms with Crippen molar-refractivity contribution in [1.29, 1.82) is 0 Å². The molecule has 3 N–H and O–H groups in total. The summed E-state index contributed by atoms with van der Waals surface area (Å²) in [5.74, 6) is -0.573. The highest BCUT2D eigenvalue weighted by Gasteiger charge is 2.49. The van der Waals surface area contributed by atoms with Crippen molar-refractivity contribution in [2.24, 2.45) is 0 Å². The van der Waals surface area contributed by atoms with Gasteiger partial charge in [0.15, 0.2) is 0 Å².